The van der Waals surface area contributed by atoms with E-state index in [0.29, 0.717) is 0 Å². The number of ether oxygens (including phenoxy) is 1. The van der Waals surface area contributed by atoms with Gasteiger partial charge in [0.15, 0.2) is 0 Å². The lowest BCUT2D eigenvalue weighted by atomic mass is 9.64. The smallest absolute Gasteiger partial charge is 0.224 e. The highest BCUT2D eigenvalue weighted by atomic mass is 35.5. The third kappa shape index (κ3) is 4.61. The van der Waals surface area contributed by atoms with Gasteiger partial charge in [0.05, 0.1) is 6.10 Å². The Labute approximate surface area is 129 Å². The van der Waals surface area contributed by atoms with E-state index in [9.17, 15) is 4.79 Å². The minimum atomic E-state index is -0.143. The third-order valence-electron chi connectivity index (χ3n) is 4.51. The molecular formula is C15H31ClN2O2. The molecule has 1 fully saturated rings. The Hall–Kier alpha value is -0.320. The first kappa shape index (κ1) is 19.7. The Morgan fingerprint density at radius 3 is 2.50 bits per heavy atom. The molecule has 4 nitrogen and oxygen atoms in total. The molecule has 0 spiro atoms. The molecular weight excluding hydrogens is 276 g/mol. The highest BCUT2D eigenvalue weighted by Crippen LogP contribution is 2.42. The minimum absolute atomic E-state index is 0. The van der Waals surface area contributed by atoms with Crippen LogP contribution in [0.2, 0.25) is 0 Å². The highest BCUT2D eigenvalue weighted by molar-refractivity contribution is 5.85. The fraction of sp³-hybridized carbons (Fsp3) is 0.933. The molecule has 4 atom stereocenters. The molecule has 20 heavy (non-hydrogen) atoms. The lowest BCUT2D eigenvalue weighted by molar-refractivity contribution is -0.140. The summed E-state index contributed by atoms with van der Waals surface area (Å²) in [5.74, 6) is -0.0871. The molecule has 0 aromatic rings. The number of nitrogens with one attached hydrogen (secondary N) is 1. The Kier molecular flexibility index (Phi) is 8.07. The van der Waals surface area contributed by atoms with Gasteiger partial charge in [-0.05, 0) is 19.8 Å². The summed E-state index contributed by atoms with van der Waals surface area (Å²) in [6, 6.07) is 0.0904. The normalized spacial score (nSPS) is 26.9. The number of halogens is 1. The predicted octanol–water partition coefficient (Wildman–Crippen LogP) is 2.49. The van der Waals surface area contributed by atoms with E-state index >= 15 is 0 Å². The summed E-state index contributed by atoms with van der Waals surface area (Å²) in [6.07, 6.45) is 3.42. The lowest BCUT2D eigenvalue weighted by Crippen LogP contribution is -2.63. The summed E-state index contributed by atoms with van der Waals surface area (Å²) >= 11 is 0. The van der Waals surface area contributed by atoms with Crippen LogP contribution in [0.4, 0.5) is 0 Å². The van der Waals surface area contributed by atoms with E-state index in [0.717, 1.165) is 25.9 Å². The van der Waals surface area contributed by atoms with Gasteiger partial charge in [-0.3, -0.25) is 4.79 Å². The maximum Gasteiger partial charge on any atom is 0.224 e. The molecule has 0 aromatic carbocycles. The van der Waals surface area contributed by atoms with E-state index in [1.165, 1.54) is 0 Å². The first-order valence-corrected chi connectivity index (χ1v) is 7.48. The van der Waals surface area contributed by atoms with E-state index < -0.39 is 0 Å². The summed E-state index contributed by atoms with van der Waals surface area (Å²) in [5.41, 5.74) is 5.78. The molecule has 1 aliphatic rings. The van der Waals surface area contributed by atoms with Gasteiger partial charge in [-0.2, -0.15) is 0 Å². The van der Waals surface area contributed by atoms with Crippen molar-refractivity contribution >= 4 is 18.3 Å². The average Bonchev–Trinajstić information content (AvgIpc) is 2.35. The lowest BCUT2D eigenvalue weighted by Gasteiger charge is -2.52. The van der Waals surface area contributed by atoms with E-state index in [1.807, 2.05) is 13.8 Å². The molecule has 0 heterocycles. The number of nitrogens with two attached hydrogens (primary N) is 1. The molecule has 4 unspecified atom stereocenters. The standard InChI is InChI=1S/C15H30N2O2.ClH/c1-6-7-8-19-13-9-12(15(13,4)5)17-14(18)10(2)11(3)16;/h10-13H,6-9,16H2,1-5H3,(H,17,18);1H. The minimum Gasteiger partial charge on any atom is -0.378 e. The third-order valence-corrected chi connectivity index (χ3v) is 4.51. The molecule has 1 saturated carbocycles. The Morgan fingerprint density at radius 1 is 1.45 bits per heavy atom. The summed E-state index contributed by atoms with van der Waals surface area (Å²) in [4.78, 5) is 12.0. The summed E-state index contributed by atoms with van der Waals surface area (Å²) < 4.78 is 5.88. The van der Waals surface area contributed by atoms with Gasteiger partial charge in [-0.15, -0.1) is 12.4 Å². The molecule has 1 rings (SSSR count). The SMILES string of the molecule is CCCCOC1CC(NC(=O)C(C)C(C)N)C1(C)C.Cl. The fourth-order valence-corrected chi connectivity index (χ4v) is 2.33. The van der Waals surface area contributed by atoms with Gasteiger partial charge in [0.25, 0.3) is 0 Å². The molecule has 3 N–H and O–H groups in total. The van der Waals surface area contributed by atoms with Gasteiger partial charge in [0.1, 0.15) is 0 Å². The number of unbranched alkanes of at least 4 members (excludes halogenated alkanes) is 1. The van der Waals surface area contributed by atoms with Crippen LogP contribution in [0.1, 0.15) is 53.9 Å². The maximum absolute atomic E-state index is 12.0. The number of hydrogen-bond acceptors (Lipinski definition) is 3. The van der Waals surface area contributed by atoms with Crippen molar-refractivity contribution in [3.8, 4) is 0 Å². The zero-order valence-electron chi connectivity index (χ0n) is 13.4. The van der Waals surface area contributed by atoms with Crippen LogP contribution in [0.3, 0.4) is 0 Å². The van der Waals surface area contributed by atoms with Crippen LogP contribution in [-0.2, 0) is 9.53 Å². The van der Waals surface area contributed by atoms with Crippen molar-refractivity contribution in [1.82, 2.24) is 5.32 Å². The van der Waals surface area contributed by atoms with Gasteiger partial charge < -0.3 is 15.8 Å². The van der Waals surface area contributed by atoms with Crippen LogP contribution in [0.25, 0.3) is 0 Å². The van der Waals surface area contributed by atoms with Gasteiger partial charge >= 0.3 is 0 Å². The Balaban J connectivity index is 0.00000361. The summed E-state index contributed by atoms with van der Waals surface area (Å²) in [5, 5.41) is 3.11. The van der Waals surface area contributed by atoms with E-state index in [1.54, 1.807) is 0 Å². The average molecular weight is 307 g/mol. The molecule has 0 aromatic heterocycles. The number of amides is 1. The van der Waals surface area contributed by atoms with Crippen molar-refractivity contribution in [2.75, 3.05) is 6.61 Å². The van der Waals surface area contributed by atoms with Crippen LogP contribution in [0.15, 0.2) is 0 Å². The van der Waals surface area contributed by atoms with Gasteiger partial charge in [0, 0.05) is 30.0 Å². The van der Waals surface area contributed by atoms with Crippen molar-refractivity contribution in [1.29, 1.82) is 0 Å². The van der Waals surface area contributed by atoms with Crippen LogP contribution in [0, 0.1) is 11.3 Å². The molecule has 0 bridgehead atoms. The molecule has 0 saturated heterocycles. The predicted molar refractivity (Wildman–Crippen MR) is 85.0 cm³/mol. The quantitative estimate of drug-likeness (QED) is 0.710. The number of carbonyl (C=O) groups is 1. The topological polar surface area (TPSA) is 64.3 Å². The summed E-state index contributed by atoms with van der Waals surface area (Å²) in [6.45, 7) is 11.0. The van der Waals surface area contributed by atoms with Crippen molar-refractivity contribution in [3.63, 3.8) is 0 Å². The molecule has 1 amide bonds. The number of hydrogen-bond donors (Lipinski definition) is 2. The van der Waals surface area contributed by atoms with Crippen LogP contribution >= 0.6 is 12.4 Å². The molecule has 120 valence electrons. The number of rotatable bonds is 7. The first-order valence-electron chi connectivity index (χ1n) is 7.48. The fourth-order valence-electron chi connectivity index (χ4n) is 2.33. The summed E-state index contributed by atoms with van der Waals surface area (Å²) in [7, 11) is 0. The monoisotopic (exact) mass is 306 g/mol. The molecule has 1 aliphatic carbocycles. The van der Waals surface area contributed by atoms with Crippen LogP contribution in [0.5, 0.6) is 0 Å². The maximum atomic E-state index is 12.0. The zero-order valence-corrected chi connectivity index (χ0v) is 14.3. The van der Waals surface area contributed by atoms with Crippen molar-refractivity contribution < 1.29 is 9.53 Å². The highest BCUT2D eigenvalue weighted by Gasteiger charge is 2.49. The number of carbonyl (C=O) groups excluding carboxylic acids is 1. The van der Waals surface area contributed by atoms with E-state index in [2.05, 4.69) is 26.1 Å². The largest absolute Gasteiger partial charge is 0.378 e. The van der Waals surface area contributed by atoms with Gasteiger partial charge in [-0.1, -0.05) is 34.1 Å². The van der Waals surface area contributed by atoms with Crippen LogP contribution in [-0.4, -0.2) is 30.7 Å². The first-order chi connectivity index (χ1) is 8.80. The Bertz CT molecular complexity index is 308. The molecule has 0 aliphatic heterocycles. The second-order valence-electron chi connectivity index (χ2n) is 6.48. The van der Waals surface area contributed by atoms with Crippen molar-refractivity contribution in [2.24, 2.45) is 17.1 Å². The molecule has 0 radical (unpaired) electrons. The van der Waals surface area contributed by atoms with Crippen molar-refractivity contribution in [2.45, 2.75) is 72.1 Å². The van der Waals surface area contributed by atoms with Gasteiger partial charge in [-0.25, -0.2) is 0 Å². The second kappa shape index (κ2) is 8.20. The van der Waals surface area contributed by atoms with Crippen LogP contribution < -0.4 is 11.1 Å². The second-order valence-corrected chi connectivity index (χ2v) is 6.48. The molecule has 5 heteroatoms. The Morgan fingerprint density at radius 2 is 2.05 bits per heavy atom. The zero-order chi connectivity index (χ0) is 14.6. The van der Waals surface area contributed by atoms with E-state index in [4.69, 9.17) is 10.5 Å². The van der Waals surface area contributed by atoms with Crippen molar-refractivity contribution in [3.05, 3.63) is 0 Å². The van der Waals surface area contributed by atoms with E-state index in [-0.39, 0.29) is 47.8 Å². The van der Waals surface area contributed by atoms with Gasteiger partial charge in [0.2, 0.25) is 5.91 Å².